The topological polar surface area (TPSA) is 39.7 Å². The van der Waals surface area contributed by atoms with Crippen molar-refractivity contribution in [1.82, 2.24) is 5.32 Å². The van der Waals surface area contributed by atoms with E-state index in [-0.39, 0.29) is 6.29 Å². The third-order valence-corrected chi connectivity index (χ3v) is 3.96. The van der Waals surface area contributed by atoms with E-state index in [0.717, 1.165) is 44.9 Å². The van der Waals surface area contributed by atoms with Crippen LogP contribution in [0.15, 0.2) is 24.3 Å². The Hall–Kier alpha value is -1.10. The molecule has 4 nitrogen and oxygen atoms in total. The normalized spacial score (nSPS) is 23.3. The van der Waals surface area contributed by atoms with Crippen molar-refractivity contribution in [3.63, 3.8) is 0 Å². The van der Waals surface area contributed by atoms with E-state index in [4.69, 9.17) is 14.2 Å². The van der Waals surface area contributed by atoms with Crippen LogP contribution in [0.2, 0.25) is 0 Å². The highest BCUT2D eigenvalue weighted by Crippen LogP contribution is 2.24. The fourth-order valence-electron chi connectivity index (χ4n) is 2.79. The summed E-state index contributed by atoms with van der Waals surface area (Å²) in [5, 5.41) is 3.40. The maximum atomic E-state index is 5.76. The van der Waals surface area contributed by atoms with E-state index in [0.29, 0.717) is 12.5 Å². The average Bonchev–Trinajstić information content (AvgIpc) is 3.17. The van der Waals surface area contributed by atoms with Gasteiger partial charge in [0.05, 0.1) is 19.8 Å². The van der Waals surface area contributed by atoms with Crippen molar-refractivity contribution < 1.29 is 14.2 Å². The van der Waals surface area contributed by atoms with Gasteiger partial charge in [0.2, 0.25) is 0 Å². The van der Waals surface area contributed by atoms with Crippen molar-refractivity contribution in [2.75, 3.05) is 32.9 Å². The summed E-state index contributed by atoms with van der Waals surface area (Å²) in [6, 6.07) is 8.54. The molecular weight excluding hydrogens is 254 g/mol. The van der Waals surface area contributed by atoms with Crippen LogP contribution in [0, 0.1) is 0 Å². The van der Waals surface area contributed by atoms with Gasteiger partial charge in [0.15, 0.2) is 6.29 Å². The van der Waals surface area contributed by atoms with E-state index in [9.17, 15) is 0 Å². The lowest BCUT2D eigenvalue weighted by molar-refractivity contribution is -0.0492. The molecule has 2 heterocycles. The molecule has 1 atom stereocenters. The van der Waals surface area contributed by atoms with Crippen molar-refractivity contribution in [3.05, 3.63) is 29.8 Å². The zero-order chi connectivity index (χ0) is 13.6. The number of nitrogens with one attached hydrogen (secondary N) is 1. The summed E-state index contributed by atoms with van der Waals surface area (Å²) < 4.78 is 16.5. The third kappa shape index (κ3) is 3.72. The smallest absolute Gasteiger partial charge is 0.157 e. The molecule has 0 amide bonds. The van der Waals surface area contributed by atoms with Crippen LogP contribution in [0.4, 0.5) is 0 Å². The highest BCUT2D eigenvalue weighted by atomic mass is 16.7. The van der Waals surface area contributed by atoms with Crippen LogP contribution < -0.4 is 10.1 Å². The first kappa shape index (κ1) is 13.9. The molecule has 0 saturated carbocycles. The molecule has 2 saturated heterocycles. The summed E-state index contributed by atoms with van der Waals surface area (Å²) in [6.07, 6.45) is 3.09. The first-order chi connectivity index (χ1) is 9.92. The lowest BCUT2D eigenvalue weighted by Gasteiger charge is -2.12. The standard InChI is InChI=1S/C16H23NO3/c1(2-16-19-10-11-20-16)9-18-15-5-3-13(4-6-15)14-7-8-17-12-14/h3-6,14,16-17H,1-2,7-12H2. The lowest BCUT2D eigenvalue weighted by atomic mass is 9.98. The van der Waals surface area contributed by atoms with Gasteiger partial charge in [-0.1, -0.05) is 12.1 Å². The fraction of sp³-hybridized carbons (Fsp3) is 0.625. The fourth-order valence-corrected chi connectivity index (χ4v) is 2.79. The Labute approximate surface area is 120 Å². The SMILES string of the molecule is c1cc(C2CCNC2)ccc1OCCCC1OCCO1. The Kier molecular flexibility index (Phi) is 4.90. The van der Waals surface area contributed by atoms with Gasteiger partial charge in [-0.05, 0) is 43.0 Å². The monoisotopic (exact) mass is 277 g/mol. The molecule has 0 aromatic heterocycles. The molecule has 3 rings (SSSR count). The van der Waals surface area contributed by atoms with Gasteiger partial charge in [0, 0.05) is 13.0 Å². The van der Waals surface area contributed by atoms with Gasteiger partial charge in [-0.2, -0.15) is 0 Å². The van der Waals surface area contributed by atoms with Crippen molar-refractivity contribution >= 4 is 0 Å². The van der Waals surface area contributed by atoms with Crippen LogP contribution in [-0.4, -0.2) is 39.2 Å². The quantitative estimate of drug-likeness (QED) is 0.810. The molecule has 2 aliphatic heterocycles. The van der Waals surface area contributed by atoms with Crippen LogP contribution in [0.25, 0.3) is 0 Å². The van der Waals surface area contributed by atoms with E-state index < -0.39 is 0 Å². The van der Waals surface area contributed by atoms with Crippen molar-refractivity contribution in [2.45, 2.75) is 31.5 Å². The van der Waals surface area contributed by atoms with E-state index in [1.54, 1.807) is 0 Å². The van der Waals surface area contributed by atoms with E-state index in [1.165, 1.54) is 12.0 Å². The van der Waals surface area contributed by atoms with Crippen LogP contribution in [0.3, 0.4) is 0 Å². The maximum Gasteiger partial charge on any atom is 0.157 e. The largest absolute Gasteiger partial charge is 0.494 e. The molecular formula is C16H23NO3. The van der Waals surface area contributed by atoms with Crippen LogP contribution in [0.5, 0.6) is 5.75 Å². The second-order valence-electron chi connectivity index (χ2n) is 5.42. The number of hydrogen-bond acceptors (Lipinski definition) is 4. The van der Waals surface area contributed by atoms with E-state index >= 15 is 0 Å². The highest BCUT2D eigenvalue weighted by molar-refractivity contribution is 5.30. The predicted octanol–water partition coefficient (Wildman–Crippen LogP) is 2.30. The summed E-state index contributed by atoms with van der Waals surface area (Å²) in [5.41, 5.74) is 1.41. The molecule has 20 heavy (non-hydrogen) atoms. The van der Waals surface area contributed by atoms with Crippen molar-refractivity contribution in [1.29, 1.82) is 0 Å². The molecule has 1 N–H and O–H groups in total. The highest BCUT2D eigenvalue weighted by Gasteiger charge is 2.16. The molecule has 0 radical (unpaired) electrons. The first-order valence-electron chi connectivity index (χ1n) is 7.58. The predicted molar refractivity (Wildman–Crippen MR) is 77.1 cm³/mol. The summed E-state index contributed by atoms with van der Waals surface area (Å²) in [7, 11) is 0. The summed E-state index contributed by atoms with van der Waals surface area (Å²) in [6.45, 7) is 4.40. The molecule has 1 aromatic rings. The minimum Gasteiger partial charge on any atom is -0.494 e. The van der Waals surface area contributed by atoms with Gasteiger partial charge >= 0.3 is 0 Å². The number of hydrogen-bond donors (Lipinski definition) is 1. The average molecular weight is 277 g/mol. The Morgan fingerprint density at radius 2 is 1.95 bits per heavy atom. The van der Waals surface area contributed by atoms with E-state index in [2.05, 4.69) is 29.6 Å². The second kappa shape index (κ2) is 7.07. The van der Waals surface area contributed by atoms with Gasteiger partial charge < -0.3 is 19.5 Å². The Morgan fingerprint density at radius 1 is 1.15 bits per heavy atom. The first-order valence-corrected chi connectivity index (χ1v) is 7.58. The second-order valence-corrected chi connectivity index (χ2v) is 5.42. The van der Waals surface area contributed by atoms with Crippen molar-refractivity contribution in [2.24, 2.45) is 0 Å². The Morgan fingerprint density at radius 3 is 2.65 bits per heavy atom. The van der Waals surface area contributed by atoms with Gasteiger partial charge in [0.1, 0.15) is 5.75 Å². The summed E-state index contributed by atoms with van der Waals surface area (Å²) in [5.74, 6) is 1.62. The molecule has 0 bridgehead atoms. The van der Waals surface area contributed by atoms with Crippen molar-refractivity contribution in [3.8, 4) is 5.75 Å². The zero-order valence-corrected chi connectivity index (χ0v) is 11.8. The van der Waals surface area contributed by atoms with Gasteiger partial charge in [-0.3, -0.25) is 0 Å². The third-order valence-electron chi connectivity index (χ3n) is 3.96. The van der Waals surface area contributed by atoms with Crippen LogP contribution in [-0.2, 0) is 9.47 Å². The summed E-state index contributed by atoms with van der Waals surface area (Å²) in [4.78, 5) is 0. The maximum absolute atomic E-state index is 5.76. The zero-order valence-electron chi connectivity index (χ0n) is 11.8. The van der Waals surface area contributed by atoms with Gasteiger partial charge in [-0.25, -0.2) is 0 Å². The molecule has 0 aliphatic carbocycles. The number of ether oxygens (including phenoxy) is 3. The number of benzene rings is 1. The molecule has 2 aliphatic rings. The molecule has 1 unspecified atom stereocenters. The molecule has 1 aromatic carbocycles. The number of rotatable bonds is 6. The molecule has 110 valence electrons. The minimum atomic E-state index is -0.0177. The minimum absolute atomic E-state index is 0.0177. The molecule has 4 heteroatoms. The lowest BCUT2D eigenvalue weighted by Crippen LogP contribution is -2.09. The summed E-state index contributed by atoms with van der Waals surface area (Å²) >= 11 is 0. The molecule has 2 fully saturated rings. The van der Waals surface area contributed by atoms with Gasteiger partial charge in [-0.15, -0.1) is 0 Å². The Bertz CT molecular complexity index is 395. The van der Waals surface area contributed by atoms with Gasteiger partial charge in [0.25, 0.3) is 0 Å². The molecule has 0 spiro atoms. The Balaban J connectivity index is 1.39. The van der Waals surface area contributed by atoms with Crippen LogP contribution >= 0.6 is 0 Å². The van der Waals surface area contributed by atoms with E-state index in [1.807, 2.05) is 0 Å². The van der Waals surface area contributed by atoms with Crippen LogP contribution in [0.1, 0.15) is 30.7 Å².